The summed E-state index contributed by atoms with van der Waals surface area (Å²) in [5.41, 5.74) is 1.24. The molecule has 1 aromatic heterocycles. The zero-order chi connectivity index (χ0) is 11.8. The number of anilines is 1. The summed E-state index contributed by atoms with van der Waals surface area (Å²) < 4.78 is 5.16. The Kier molecular flexibility index (Phi) is 5.82. The zero-order valence-corrected chi connectivity index (χ0v) is 10.3. The number of methoxy groups -OCH3 is 1. The first-order valence-corrected chi connectivity index (χ1v) is 5.68. The highest BCUT2D eigenvalue weighted by molar-refractivity contribution is 5.37. The standard InChI is InChI=1S/C12H21N3O/c1-4-13-9-11-5-6-14-12(7-11)15-8-10(2)16-3/h5-7,10,13H,4,8-9H2,1-3H3,(H,14,15). The molecule has 1 heterocycles. The van der Waals surface area contributed by atoms with Crippen LogP contribution in [0.2, 0.25) is 0 Å². The van der Waals surface area contributed by atoms with E-state index in [1.165, 1.54) is 5.56 Å². The van der Waals surface area contributed by atoms with E-state index in [0.717, 1.165) is 25.5 Å². The van der Waals surface area contributed by atoms with E-state index in [1.807, 2.05) is 19.2 Å². The molecule has 4 heteroatoms. The lowest BCUT2D eigenvalue weighted by Gasteiger charge is -2.12. The summed E-state index contributed by atoms with van der Waals surface area (Å²) in [6.45, 7) is 6.75. The maximum atomic E-state index is 5.16. The lowest BCUT2D eigenvalue weighted by molar-refractivity contribution is 0.128. The van der Waals surface area contributed by atoms with E-state index in [2.05, 4.69) is 28.6 Å². The predicted molar refractivity (Wildman–Crippen MR) is 66.6 cm³/mol. The van der Waals surface area contributed by atoms with Gasteiger partial charge in [0.15, 0.2) is 0 Å². The smallest absolute Gasteiger partial charge is 0.126 e. The molecule has 0 spiro atoms. The van der Waals surface area contributed by atoms with Crippen molar-refractivity contribution < 1.29 is 4.74 Å². The van der Waals surface area contributed by atoms with Crippen LogP contribution in [0.25, 0.3) is 0 Å². The molecule has 0 saturated heterocycles. The summed E-state index contributed by atoms with van der Waals surface area (Å²) in [7, 11) is 1.71. The van der Waals surface area contributed by atoms with Gasteiger partial charge in [-0.15, -0.1) is 0 Å². The second-order valence-corrected chi connectivity index (χ2v) is 3.76. The van der Waals surface area contributed by atoms with E-state index < -0.39 is 0 Å². The monoisotopic (exact) mass is 223 g/mol. The largest absolute Gasteiger partial charge is 0.380 e. The average molecular weight is 223 g/mol. The molecular formula is C12H21N3O. The Morgan fingerprint density at radius 1 is 1.50 bits per heavy atom. The number of hydrogen-bond acceptors (Lipinski definition) is 4. The third-order valence-corrected chi connectivity index (χ3v) is 2.38. The van der Waals surface area contributed by atoms with Gasteiger partial charge in [-0.25, -0.2) is 4.98 Å². The number of rotatable bonds is 7. The van der Waals surface area contributed by atoms with Crippen LogP contribution in [0.5, 0.6) is 0 Å². The lowest BCUT2D eigenvalue weighted by Crippen LogP contribution is -2.19. The van der Waals surface area contributed by atoms with E-state index in [1.54, 1.807) is 7.11 Å². The Balaban J connectivity index is 2.46. The molecule has 0 aromatic carbocycles. The molecule has 0 fully saturated rings. The summed E-state index contributed by atoms with van der Waals surface area (Å²) in [5, 5.41) is 6.54. The average Bonchev–Trinajstić information content (AvgIpc) is 2.34. The summed E-state index contributed by atoms with van der Waals surface area (Å²) in [6.07, 6.45) is 2.02. The molecular weight excluding hydrogens is 202 g/mol. The second-order valence-electron chi connectivity index (χ2n) is 3.76. The van der Waals surface area contributed by atoms with Gasteiger partial charge in [0, 0.05) is 26.4 Å². The number of pyridine rings is 1. The number of hydrogen-bond donors (Lipinski definition) is 2. The van der Waals surface area contributed by atoms with Crippen LogP contribution in [0, 0.1) is 0 Å². The first-order valence-electron chi connectivity index (χ1n) is 5.68. The molecule has 0 aliphatic rings. The molecule has 1 aromatic rings. The summed E-state index contributed by atoms with van der Waals surface area (Å²) in [6, 6.07) is 4.08. The van der Waals surface area contributed by atoms with Gasteiger partial charge in [0.25, 0.3) is 0 Å². The molecule has 1 atom stereocenters. The van der Waals surface area contributed by atoms with E-state index >= 15 is 0 Å². The van der Waals surface area contributed by atoms with E-state index in [9.17, 15) is 0 Å². The third kappa shape index (κ3) is 4.59. The fourth-order valence-electron chi connectivity index (χ4n) is 1.28. The molecule has 1 rings (SSSR count). The van der Waals surface area contributed by atoms with E-state index in [-0.39, 0.29) is 6.10 Å². The predicted octanol–water partition coefficient (Wildman–Crippen LogP) is 1.64. The normalized spacial score (nSPS) is 12.4. The fraction of sp³-hybridized carbons (Fsp3) is 0.583. The zero-order valence-electron chi connectivity index (χ0n) is 10.3. The number of aromatic nitrogens is 1. The van der Waals surface area contributed by atoms with Crippen LogP contribution in [-0.4, -0.2) is 31.3 Å². The highest BCUT2D eigenvalue weighted by atomic mass is 16.5. The molecule has 0 saturated carbocycles. The topological polar surface area (TPSA) is 46.2 Å². The number of nitrogens with one attached hydrogen (secondary N) is 2. The lowest BCUT2D eigenvalue weighted by atomic mass is 10.2. The van der Waals surface area contributed by atoms with Gasteiger partial charge >= 0.3 is 0 Å². The Morgan fingerprint density at radius 3 is 3.00 bits per heavy atom. The number of ether oxygens (including phenoxy) is 1. The van der Waals surface area contributed by atoms with Crippen molar-refractivity contribution in [2.45, 2.75) is 26.5 Å². The molecule has 0 aliphatic heterocycles. The molecule has 16 heavy (non-hydrogen) atoms. The van der Waals surface area contributed by atoms with Crippen LogP contribution < -0.4 is 10.6 Å². The van der Waals surface area contributed by atoms with Crippen LogP contribution in [0.3, 0.4) is 0 Å². The molecule has 2 N–H and O–H groups in total. The molecule has 0 aliphatic carbocycles. The van der Waals surface area contributed by atoms with E-state index in [0.29, 0.717) is 0 Å². The maximum absolute atomic E-state index is 5.16. The minimum absolute atomic E-state index is 0.194. The maximum Gasteiger partial charge on any atom is 0.126 e. The first-order chi connectivity index (χ1) is 7.76. The summed E-state index contributed by atoms with van der Waals surface area (Å²) in [5.74, 6) is 0.902. The van der Waals surface area contributed by atoms with Crippen LogP contribution in [0.15, 0.2) is 18.3 Å². The van der Waals surface area contributed by atoms with Crippen molar-refractivity contribution in [2.75, 3.05) is 25.5 Å². The minimum atomic E-state index is 0.194. The van der Waals surface area contributed by atoms with Crippen molar-refractivity contribution in [3.05, 3.63) is 23.9 Å². The van der Waals surface area contributed by atoms with Crippen molar-refractivity contribution in [1.29, 1.82) is 0 Å². The first kappa shape index (κ1) is 12.9. The second kappa shape index (κ2) is 7.19. The quantitative estimate of drug-likeness (QED) is 0.737. The molecule has 90 valence electrons. The van der Waals surface area contributed by atoms with Gasteiger partial charge in [0.1, 0.15) is 5.82 Å². The van der Waals surface area contributed by atoms with Gasteiger partial charge in [-0.2, -0.15) is 0 Å². The summed E-state index contributed by atoms with van der Waals surface area (Å²) in [4.78, 5) is 4.26. The SMILES string of the molecule is CCNCc1ccnc(NCC(C)OC)c1. The molecule has 0 radical (unpaired) electrons. The Labute approximate surface area is 97.4 Å². The Morgan fingerprint density at radius 2 is 2.31 bits per heavy atom. The third-order valence-electron chi connectivity index (χ3n) is 2.38. The molecule has 0 bridgehead atoms. The van der Waals surface area contributed by atoms with Crippen LogP contribution >= 0.6 is 0 Å². The highest BCUT2D eigenvalue weighted by Crippen LogP contribution is 2.06. The molecule has 1 unspecified atom stereocenters. The fourth-order valence-corrected chi connectivity index (χ4v) is 1.28. The molecule has 4 nitrogen and oxygen atoms in total. The van der Waals surface area contributed by atoms with Gasteiger partial charge in [0.2, 0.25) is 0 Å². The Hall–Kier alpha value is -1.13. The number of nitrogens with zero attached hydrogens (tertiary/aromatic N) is 1. The van der Waals surface area contributed by atoms with Crippen molar-refractivity contribution in [3.8, 4) is 0 Å². The van der Waals surface area contributed by atoms with Crippen LogP contribution in [0.4, 0.5) is 5.82 Å². The van der Waals surface area contributed by atoms with Gasteiger partial charge in [-0.1, -0.05) is 6.92 Å². The Bertz CT molecular complexity index is 304. The van der Waals surface area contributed by atoms with Crippen molar-refractivity contribution >= 4 is 5.82 Å². The highest BCUT2D eigenvalue weighted by Gasteiger charge is 2.00. The van der Waals surface area contributed by atoms with Crippen molar-refractivity contribution in [1.82, 2.24) is 10.3 Å². The van der Waals surface area contributed by atoms with Crippen molar-refractivity contribution in [2.24, 2.45) is 0 Å². The van der Waals surface area contributed by atoms with E-state index in [4.69, 9.17) is 4.74 Å². The molecule has 0 amide bonds. The van der Waals surface area contributed by atoms with Crippen molar-refractivity contribution in [3.63, 3.8) is 0 Å². The van der Waals surface area contributed by atoms with Gasteiger partial charge in [0.05, 0.1) is 6.10 Å². The van der Waals surface area contributed by atoms with Crippen LogP contribution in [-0.2, 0) is 11.3 Å². The van der Waals surface area contributed by atoms with Gasteiger partial charge in [-0.05, 0) is 31.2 Å². The van der Waals surface area contributed by atoms with Gasteiger partial charge < -0.3 is 15.4 Å². The van der Waals surface area contributed by atoms with Crippen LogP contribution in [0.1, 0.15) is 19.4 Å². The van der Waals surface area contributed by atoms with Gasteiger partial charge in [-0.3, -0.25) is 0 Å². The summed E-state index contributed by atoms with van der Waals surface area (Å²) >= 11 is 0. The minimum Gasteiger partial charge on any atom is -0.380 e.